The highest BCUT2D eigenvalue weighted by Crippen LogP contribution is 2.51. The maximum absolute atomic E-state index is 13.4. The summed E-state index contributed by atoms with van der Waals surface area (Å²) in [6.45, 7) is 0.545. The number of benzene rings is 2. The van der Waals surface area contributed by atoms with Gasteiger partial charge >= 0.3 is 5.97 Å². The number of carbonyl (C=O) groups excluding carboxylic acids is 1. The second-order valence-corrected chi connectivity index (χ2v) is 8.15. The fraction of sp³-hybridized carbons (Fsp3) is 0.304. The SMILES string of the molecule is O=C(CCc1c(-c2ccc(F)cc2)[nH]c2ccccc12)N1CC2CC1(C(=O)O)C2. The minimum Gasteiger partial charge on any atom is -0.479 e. The molecule has 2 N–H and O–H groups in total. The molecule has 29 heavy (non-hydrogen) atoms. The Morgan fingerprint density at radius 1 is 1.14 bits per heavy atom. The lowest BCUT2D eigenvalue weighted by Gasteiger charge is -2.37. The molecular formula is C23H21FN2O3. The Morgan fingerprint density at radius 2 is 1.86 bits per heavy atom. The molecule has 2 saturated heterocycles. The predicted octanol–water partition coefficient (Wildman–Crippen LogP) is 3.98. The minimum absolute atomic E-state index is 0.109. The smallest absolute Gasteiger partial charge is 0.329 e. The molecule has 2 bridgehead atoms. The molecule has 2 aliphatic heterocycles. The lowest BCUT2D eigenvalue weighted by atomic mass is 9.73. The quantitative estimate of drug-likeness (QED) is 0.690. The van der Waals surface area contributed by atoms with Crippen molar-refractivity contribution in [3.05, 3.63) is 59.9 Å². The van der Waals surface area contributed by atoms with Gasteiger partial charge in [-0.3, -0.25) is 4.79 Å². The number of H-pyrrole nitrogens is 1. The number of nitrogens with zero attached hydrogens (tertiary/aromatic N) is 1. The van der Waals surface area contributed by atoms with Gasteiger partial charge in [0.2, 0.25) is 5.91 Å². The molecule has 1 aromatic heterocycles. The topological polar surface area (TPSA) is 73.4 Å². The molecule has 0 spiro atoms. The fourth-order valence-corrected chi connectivity index (χ4v) is 5.00. The van der Waals surface area contributed by atoms with Gasteiger partial charge in [0.25, 0.3) is 0 Å². The number of fused-ring (bicyclic) bond motifs is 2. The molecule has 1 saturated carbocycles. The van der Waals surface area contributed by atoms with Gasteiger partial charge in [0.1, 0.15) is 11.4 Å². The summed E-state index contributed by atoms with van der Waals surface area (Å²) in [4.78, 5) is 29.6. The van der Waals surface area contributed by atoms with Gasteiger partial charge in [-0.15, -0.1) is 0 Å². The third-order valence-electron chi connectivity index (χ3n) is 6.44. The molecular weight excluding hydrogens is 371 g/mol. The Bertz CT molecular complexity index is 1110. The molecule has 3 fully saturated rings. The molecule has 1 amide bonds. The van der Waals surface area contributed by atoms with Crippen molar-refractivity contribution in [1.29, 1.82) is 0 Å². The summed E-state index contributed by atoms with van der Waals surface area (Å²) in [7, 11) is 0. The first kappa shape index (κ1) is 17.9. The first-order valence-corrected chi connectivity index (χ1v) is 9.87. The molecule has 6 rings (SSSR count). The second-order valence-electron chi connectivity index (χ2n) is 8.15. The van der Waals surface area contributed by atoms with E-state index in [2.05, 4.69) is 4.98 Å². The van der Waals surface area contributed by atoms with E-state index in [-0.39, 0.29) is 18.1 Å². The minimum atomic E-state index is -0.984. The van der Waals surface area contributed by atoms with Crippen LogP contribution in [-0.4, -0.2) is 39.0 Å². The van der Waals surface area contributed by atoms with E-state index in [0.29, 0.717) is 31.7 Å². The van der Waals surface area contributed by atoms with Crippen molar-refractivity contribution in [3.63, 3.8) is 0 Å². The molecule has 148 valence electrons. The van der Waals surface area contributed by atoms with Gasteiger partial charge < -0.3 is 15.0 Å². The maximum Gasteiger partial charge on any atom is 0.329 e. The van der Waals surface area contributed by atoms with Gasteiger partial charge in [0.05, 0.1) is 0 Å². The number of nitrogens with one attached hydrogen (secondary N) is 1. The summed E-state index contributed by atoms with van der Waals surface area (Å²) in [5.74, 6) is -0.979. The Balaban J connectivity index is 1.44. The van der Waals surface area contributed by atoms with Crippen molar-refractivity contribution in [2.75, 3.05) is 6.54 Å². The Labute approximate surface area is 167 Å². The van der Waals surface area contributed by atoms with Crippen LogP contribution in [0.15, 0.2) is 48.5 Å². The van der Waals surface area contributed by atoms with Crippen molar-refractivity contribution in [1.82, 2.24) is 9.88 Å². The van der Waals surface area contributed by atoms with Crippen LogP contribution in [0.1, 0.15) is 24.8 Å². The van der Waals surface area contributed by atoms with Crippen molar-refractivity contribution < 1.29 is 19.1 Å². The average Bonchev–Trinajstić information content (AvgIpc) is 3.36. The number of rotatable bonds is 5. The predicted molar refractivity (Wildman–Crippen MR) is 107 cm³/mol. The fourth-order valence-electron chi connectivity index (χ4n) is 5.00. The first-order valence-electron chi connectivity index (χ1n) is 9.87. The molecule has 2 aromatic carbocycles. The lowest BCUT2D eigenvalue weighted by Crippen LogP contribution is -2.54. The zero-order valence-electron chi connectivity index (χ0n) is 15.8. The summed E-state index contributed by atoms with van der Waals surface area (Å²) in [6, 6.07) is 14.2. The zero-order chi connectivity index (χ0) is 20.2. The summed E-state index contributed by atoms with van der Waals surface area (Å²) < 4.78 is 13.4. The number of aliphatic carboxylic acids is 1. The van der Waals surface area contributed by atoms with Gasteiger partial charge in [0.15, 0.2) is 0 Å². The number of aromatic amines is 1. The number of carboxylic acids is 1. The van der Waals surface area contributed by atoms with E-state index in [1.54, 1.807) is 17.0 Å². The number of aromatic nitrogens is 1. The van der Waals surface area contributed by atoms with Crippen LogP contribution in [0.25, 0.3) is 22.2 Å². The largest absolute Gasteiger partial charge is 0.479 e. The highest BCUT2D eigenvalue weighted by molar-refractivity contribution is 5.93. The van der Waals surface area contributed by atoms with E-state index in [4.69, 9.17) is 0 Å². The van der Waals surface area contributed by atoms with Gasteiger partial charge in [-0.1, -0.05) is 18.2 Å². The van der Waals surface area contributed by atoms with E-state index in [1.165, 1.54) is 12.1 Å². The Hall–Kier alpha value is -3.15. The number of para-hydroxylation sites is 1. The van der Waals surface area contributed by atoms with Gasteiger partial charge in [-0.2, -0.15) is 0 Å². The Morgan fingerprint density at radius 3 is 2.59 bits per heavy atom. The van der Waals surface area contributed by atoms with Gasteiger partial charge in [0, 0.05) is 29.6 Å². The average molecular weight is 392 g/mol. The summed E-state index contributed by atoms with van der Waals surface area (Å²) >= 11 is 0. The van der Waals surface area contributed by atoms with Crippen LogP contribution in [0.2, 0.25) is 0 Å². The van der Waals surface area contributed by atoms with Crippen molar-refractivity contribution in [3.8, 4) is 11.3 Å². The van der Waals surface area contributed by atoms with E-state index in [1.807, 2.05) is 24.3 Å². The van der Waals surface area contributed by atoms with Crippen LogP contribution in [0.3, 0.4) is 0 Å². The number of amides is 1. The number of hydrogen-bond acceptors (Lipinski definition) is 2. The molecule has 0 radical (unpaired) electrons. The van der Waals surface area contributed by atoms with Crippen LogP contribution >= 0.6 is 0 Å². The number of carboxylic acid groups (broad SMARTS) is 1. The Kier molecular flexibility index (Phi) is 3.98. The second kappa shape index (κ2) is 6.44. The molecule has 1 aliphatic carbocycles. The summed E-state index contributed by atoms with van der Waals surface area (Å²) in [5, 5.41) is 10.6. The normalized spacial score (nSPS) is 22.7. The van der Waals surface area contributed by atoms with Crippen molar-refractivity contribution >= 4 is 22.8 Å². The highest BCUT2D eigenvalue weighted by Gasteiger charge is 2.62. The molecule has 0 unspecified atom stereocenters. The summed E-state index contributed by atoms with van der Waals surface area (Å²) in [6.07, 6.45) is 1.88. The molecule has 3 aliphatic rings. The van der Waals surface area contributed by atoms with E-state index >= 15 is 0 Å². The third-order valence-corrected chi connectivity index (χ3v) is 6.44. The van der Waals surface area contributed by atoms with Crippen molar-refractivity contribution in [2.24, 2.45) is 5.92 Å². The van der Waals surface area contributed by atoms with Gasteiger partial charge in [-0.05, 0) is 66.6 Å². The third kappa shape index (κ3) is 2.74. The molecule has 3 heterocycles. The molecule has 5 nitrogen and oxygen atoms in total. The maximum atomic E-state index is 13.4. The van der Waals surface area contributed by atoms with E-state index in [9.17, 15) is 19.1 Å². The summed E-state index contributed by atoms with van der Waals surface area (Å²) in [5.41, 5.74) is 2.70. The number of aryl methyl sites for hydroxylation is 1. The van der Waals surface area contributed by atoms with Crippen LogP contribution in [0.5, 0.6) is 0 Å². The van der Waals surface area contributed by atoms with Gasteiger partial charge in [-0.25, -0.2) is 9.18 Å². The van der Waals surface area contributed by atoms with E-state index < -0.39 is 11.5 Å². The first-order chi connectivity index (χ1) is 14.0. The molecule has 6 heteroatoms. The van der Waals surface area contributed by atoms with Crippen molar-refractivity contribution in [2.45, 2.75) is 31.2 Å². The lowest BCUT2D eigenvalue weighted by molar-refractivity contribution is -0.158. The zero-order valence-corrected chi connectivity index (χ0v) is 15.8. The van der Waals surface area contributed by atoms with E-state index in [0.717, 1.165) is 27.7 Å². The number of hydrogen-bond donors (Lipinski definition) is 2. The highest BCUT2D eigenvalue weighted by atomic mass is 19.1. The number of halogens is 1. The molecule has 3 aromatic rings. The standard InChI is InChI=1S/C23H21FN2O3/c24-16-7-5-15(6-8-16)21-18(17-3-1-2-4-19(17)25-21)9-10-20(27)26-13-14-11-23(26,12-14)22(28)29/h1-8,14,25H,9-13H2,(H,28,29). The van der Waals surface area contributed by atoms with Crippen LogP contribution in [0.4, 0.5) is 4.39 Å². The van der Waals surface area contributed by atoms with Crippen LogP contribution in [-0.2, 0) is 16.0 Å². The molecule has 0 atom stereocenters. The number of carbonyl (C=O) groups is 2. The monoisotopic (exact) mass is 392 g/mol. The van der Waals surface area contributed by atoms with Crippen LogP contribution in [0, 0.1) is 11.7 Å². The van der Waals surface area contributed by atoms with Crippen LogP contribution < -0.4 is 0 Å².